The predicted molar refractivity (Wildman–Crippen MR) is 83.8 cm³/mol. The van der Waals surface area contributed by atoms with Crippen LogP contribution < -0.4 is 5.32 Å². The van der Waals surface area contributed by atoms with Crippen molar-refractivity contribution in [3.05, 3.63) is 0 Å². The molecule has 1 saturated heterocycles. The first-order chi connectivity index (χ1) is 9.16. The monoisotopic (exact) mass is 305 g/mol. The molecule has 1 heterocycles. The molecular weight excluding hydrogens is 274 g/mol. The summed E-state index contributed by atoms with van der Waals surface area (Å²) < 4.78 is 28.4. The van der Waals surface area contributed by atoms with E-state index in [2.05, 4.69) is 33.0 Å². The summed E-state index contributed by atoms with van der Waals surface area (Å²) in [6.07, 6.45) is 2.07. The lowest BCUT2D eigenvalue weighted by Crippen LogP contribution is -2.49. The third-order valence-electron chi connectivity index (χ3n) is 3.58. The molecule has 1 rings (SSSR count). The van der Waals surface area contributed by atoms with Crippen LogP contribution in [-0.2, 0) is 10.2 Å². The number of nitrogens with one attached hydrogen (secondary N) is 1. The Balaban J connectivity index is 2.66. The van der Waals surface area contributed by atoms with E-state index in [1.807, 2.05) is 0 Å². The second-order valence-corrected chi connectivity index (χ2v) is 9.03. The van der Waals surface area contributed by atoms with Gasteiger partial charge >= 0.3 is 0 Å². The molecule has 0 radical (unpaired) electrons. The molecule has 0 amide bonds. The molecule has 0 aliphatic carbocycles. The van der Waals surface area contributed by atoms with Crippen molar-refractivity contribution in [3.8, 4) is 0 Å². The normalized spacial score (nSPS) is 22.4. The second-order valence-electron chi connectivity index (χ2n) is 7.00. The molecular formula is C14H31N3O2S. The van der Waals surface area contributed by atoms with Crippen LogP contribution in [0, 0.1) is 11.3 Å². The molecule has 120 valence electrons. The molecule has 20 heavy (non-hydrogen) atoms. The van der Waals surface area contributed by atoms with Gasteiger partial charge in [0.2, 0.25) is 0 Å². The zero-order valence-electron chi connectivity index (χ0n) is 13.6. The fourth-order valence-corrected chi connectivity index (χ4v) is 4.40. The van der Waals surface area contributed by atoms with E-state index in [0.29, 0.717) is 25.6 Å². The van der Waals surface area contributed by atoms with Crippen LogP contribution in [0.1, 0.15) is 40.5 Å². The molecule has 5 nitrogen and oxygen atoms in total. The highest BCUT2D eigenvalue weighted by Gasteiger charge is 2.33. The van der Waals surface area contributed by atoms with Gasteiger partial charge in [0.25, 0.3) is 10.2 Å². The molecule has 0 aromatic carbocycles. The molecule has 1 unspecified atom stereocenters. The summed E-state index contributed by atoms with van der Waals surface area (Å²) in [5.74, 6) is 0.432. The Bertz CT molecular complexity index is 390. The molecule has 1 atom stereocenters. The maximum Gasteiger partial charge on any atom is 0.281 e. The van der Waals surface area contributed by atoms with Gasteiger partial charge in [-0.1, -0.05) is 27.7 Å². The lowest BCUT2D eigenvalue weighted by molar-refractivity contribution is 0.234. The number of hydrogen-bond acceptors (Lipinski definition) is 3. The van der Waals surface area contributed by atoms with E-state index in [-0.39, 0.29) is 5.41 Å². The molecule has 1 fully saturated rings. The van der Waals surface area contributed by atoms with Crippen LogP contribution in [0.4, 0.5) is 0 Å². The molecule has 1 N–H and O–H groups in total. The van der Waals surface area contributed by atoms with Gasteiger partial charge in [-0.25, -0.2) is 0 Å². The van der Waals surface area contributed by atoms with Crippen LogP contribution in [0.3, 0.4) is 0 Å². The van der Waals surface area contributed by atoms with Crippen molar-refractivity contribution in [1.29, 1.82) is 0 Å². The molecule has 0 saturated carbocycles. The number of nitrogens with zero attached hydrogens (tertiary/aromatic N) is 2. The zero-order valence-corrected chi connectivity index (χ0v) is 14.5. The maximum absolute atomic E-state index is 12.6. The van der Waals surface area contributed by atoms with Crippen molar-refractivity contribution in [2.75, 3.05) is 39.8 Å². The van der Waals surface area contributed by atoms with Gasteiger partial charge in [-0.2, -0.15) is 17.0 Å². The van der Waals surface area contributed by atoms with E-state index in [1.54, 1.807) is 11.4 Å². The molecule has 1 aliphatic rings. The van der Waals surface area contributed by atoms with Gasteiger partial charge < -0.3 is 5.32 Å². The Morgan fingerprint density at radius 3 is 2.55 bits per heavy atom. The third-order valence-corrected chi connectivity index (χ3v) is 5.48. The minimum atomic E-state index is -3.31. The van der Waals surface area contributed by atoms with Gasteiger partial charge in [0.05, 0.1) is 0 Å². The smallest absolute Gasteiger partial charge is 0.281 e. The van der Waals surface area contributed by atoms with Gasteiger partial charge in [0.1, 0.15) is 0 Å². The quantitative estimate of drug-likeness (QED) is 0.810. The van der Waals surface area contributed by atoms with Crippen LogP contribution in [0.5, 0.6) is 0 Å². The van der Waals surface area contributed by atoms with Crippen LogP contribution >= 0.6 is 0 Å². The number of hydrogen-bond donors (Lipinski definition) is 1. The highest BCUT2D eigenvalue weighted by molar-refractivity contribution is 7.86. The molecule has 1 aliphatic heterocycles. The summed E-state index contributed by atoms with van der Waals surface area (Å²) in [4.78, 5) is 0. The van der Waals surface area contributed by atoms with E-state index >= 15 is 0 Å². The van der Waals surface area contributed by atoms with Crippen molar-refractivity contribution in [3.63, 3.8) is 0 Å². The second kappa shape index (κ2) is 7.20. The van der Waals surface area contributed by atoms with Gasteiger partial charge in [0.15, 0.2) is 0 Å². The van der Waals surface area contributed by atoms with Gasteiger partial charge in [-0.3, -0.25) is 0 Å². The molecule has 0 aromatic heterocycles. The lowest BCUT2D eigenvalue weighted by Gasteiger charge is -2.36. The largest absolute Gasteiger partial charge is 0.317 e. The van der Waals surface area contributed by atoms with Crippen LogP contribution in [0.15, 0.2) is 0 Å². The fourth-order valence-electron chi connectivity index (χ4n) is 2.70. The first kappa shape index (κ1) is 17.9. The first-order valence-corrected chi connectivity index (χ1v) is 8.98. The Hall–Kier alpha value is -0.170. The Morgan fingerprint density at radius 2 is 2.00 bits per heavy atom. The Morgan fingerprint density at radius 1 is 1.35 bits per heavy atom. The summed E-state index contributed by atoms with van der Waals surface area (Å²) in [6, 6.07) is 0. The van der Waals surface area contributed by atoms with Gasteiger partial charge in [-0.15, -0.1) is 0 Å². The molecule has 6 heteroatoms. The number of rotatable bonds is 6. The highest BCUT2D eigenvalue weighted by Crippen LogP contribution is 2.23. The highest BCUT2D eigenvalue weighted by atomic mass is 32.2. The zero-order chi connectivity index (χ0) is 15.4. The Labute approximate surface area is 124 Å². The minimum absolute atomic E-state index is 0.0270. The topological polar surface area (TPSA) is 52.7 Å². The average Bonchev–Trinajstić information content (AvgIpc) is 2.34. The van der Waals surface area contributed by atoms with E-state index in [4.69, 9.17) is 0 Å². The number of piperidine rings is 1. The summed E-state index contributed by atoms with van der Waals surface area (Å²) in [5, 5.41) is 3.32. The van der Waals surface area contributed by atoms with Crippen LogP contribution in [-0.4, -0.2) is 56.8 Å². The predicted octanol–water partition coefficient (Wildman–Crippen LogP) is 1.53. The first-order valence-electron chi connectivity index (χ1n) is 7.59. The van der Waals surface area contributed by atoms with Gasteiger partial charge in [0, 0.05) is 26.7 Å². The standard InChI is InChI=1S/C14H31N3O2S/c1-6-15-10-13-8-7-9-17(11-13)20(18,19)16(5)12-14(2,3)4/h13,15H,6-12H2,1-5H3. The van der Waals surface area contributed by atoms with Crippen molar-refractivity contribution in [2.45, 2.75) is 40.5 Å². The fraction of sp³-hybridized carbons (Fsp3) is 1.00. The average molecular weight is 305 g/mol. The summed E-state index contributed by atoms with van der Waals surface area (Å²) >= 11 is 0. The minimum Gasteiger partial charge on any atom is -0.317 e. The lowest BCUT2D eigenvalue weighted by atomic mass is 9.97. The Kier molecular flexibility index (Phi) is 6.44. The molecule has 0 spiro atoms. The third kappa shape index (κ3) is 5.31. The molecule has 0 bridgehead atoms. The van der Waals surface area contributed by atoms with Crippen LogP contribution in [0.25, 0.3) is 0 Å². The van der Waals surface area contributed by atoms with Crippen molar-refractivity contribution in [1.82, 2.24) is 13.9 Å². The van der Waals surface area contributed by atoms with E-state index in [1.165, 1.54) is 4.31 Å². The maximum atomic E-state index is 12.6. The van der Waals surface area contributed by atoms with E-state index in [0.717, 1.165) is 25.9 Å². The SMILES string of the molecule is CCNCC1CCCN(S(=O)(=O)N(C)CC(C)(C)C)C1. The summed E-state index contributed by atoms with van der Waals surface area (Å²) in [5.41, 5.74) is -0.0270. The summed E-state index contributed by atoms with van der Waals surface area (Å²) in [7, 11) is -1.63. The molecule has 0 aromatic rings. The van der Waals surface area contributed by atoms with Crippen molar-refractivity contribution in [2.24, 2.45) is 11.3 Å². The van der Waals surface area contributed by atoms with Crippen molar-refractivity contribution < 1.29 is 8.42 Å². The van der Waals surface area contributed by atoms with E-state index < -0.39 is 10.2 Å². The van der Waals surface area contributed by atoms with E-state index in [9.17, 15) is 8.42 Å². The summed E-state index contributed by atoms with van der Waals surface area (Å²) in [6.45, 7) is 11.9. The van der Waals surface area contributed by atoms with Gasteiger partial charge in [-0.05, 0) is 37.3 Å². The van der Waals surface area contributed by atoms with Crippen molar-refractivity contribution >= 4 is 10.2 Å². The van der Waals surface area contributed by atoms with Crippen LogP contribution in [0.2, 0.25) is 0 Å².